The number of hydrogen-bond donors (Lipinski definition) is 1. The lowest BCUT2D eigenvalue weighted by atomic mass is 9.81. The number of aromatic nitrogens is 4. The fourth-order valence-electron chi connectivity index (χ4n) is 3.19. The van der Waals surface area contributed by atoms with E-state index in [1.165, 1.54) is 19.3 Å². The highest BCUT2D eigenvalue weighted by Crippen LogP contribution is 2.37. The van der Waals surface area contributed by atoms with Gasteiger partial charge in [0.1, 0.15) is 11.4 Å². The largest absolute Gasteiger partial charge is 0.494 e. The van der Waals surface area contributed by atoms with Crippen molar-refractivity contribution < 1.29 is 4.74 Å². The molecule has 1 N–H and O–H groups in total. The van der Waals surface area contributed by atoms with Gasteiger partial charge in [-0.1, -0.05) is 31.4 Å². The first-order valence-electron chi connectivity index (χ1n) is 7.42. The van der Waals surface area contributed by atoms with Crippen LogP contribution in [0, 0.1) is 0 Å². The van der Waals surface area contributed by atoms with Crippen LogP contribution in [0.25, 0.3) is 5.69 Å². The van der Waals surface area contributed by atoms with Gasteiger partial charge in [-0.2, -0.15) is 4.68 Å². The van der Waals surface area contributed by atoms with E-state index in [9.17, 15) is 0 Å². The van der Waals surface area contributed by atoms with Crippen LogP contribution < -0.4 is 10.1 Å². The second-order valence-electron chi connectivity index (χ2n) is 5.48. The third-order valence-corrected chi connectivity index (χ3v) is 4.40. The van der Waals surface area contributed by atoms with E-state index in [-0.39, 0.29) is 5.54 Å². The molecule has 0 aliphatic heterocycles. The van der Waals surface area contributed by atoms with E-state index in [2.05, 4.69) is 20.8 Å². The number of ether oxygens (including phenoxy) is 1. The van der Waals surface area contributed by atoms with Crippen LogP contribution >= 0.6 is 0 Å². The van der Waals surface area contributed by atoms with Crippen LogP contribution in [0.3, 0.4) is 0 Å². The maximum atomic E-state index is 5.44. The molecule has 0 saturated heterocycles. The Morgan fingerprint density at radius 3 is 2.67 bits per heavy atom. The van der Waals surface area contributed by atoms with Gasteiger partial charge in [-0.05, 0) is 42.4 Å². The van der Waals surface area contributed by atoms with Crippen LogP contribution in [0.4, 0.5) is 0 Å². The molecular weight excluding hydrogens is 266 g/mol. The van der Waals surface area contributed by atoms with Crippen molar-refractivity contribution in [2.75, 3.05) is 14.2 Å². The molecule has 1 aromatic carbocycles. The van der Waals surface area contributed by atoms with Crippen LogP contribution in [0.1, 0.15) is 37.9 Å². The van der Waals surface area contributed by atoms with Crippen LogP contribution in [-0.2, 0) is 5.54 Å². The predicted octanol–water partition coefficient (Wildman–Crippen LogP) is 2.05. The fraction of sp³-hybridized carbons (Fsp3) is 0.533. The van der Waals surface area contributed by atoms with Crippen molar-refractivity contribution in [1.29, 1.82) is 0 Å². The first-order chi connectivity index (χ1) is 10.3. The van der Waals surface area contributed by atoms with Gasteiger partial charge in [0.05, 0.1) is 12.6 Å². The molecule has 1 heterocycles. The first kappa shape index (κ1) is 14.0. The average molecular weight is 287 g/mol. The van der Waals surface area contributed by atoms with Crippen molar-refractivity contribution >= 4 is 0 Å². The van der Waals surface area contributed by atoms with E-state index in [0.29, 0.717) is 0 Å². The van der Waals surface area contributed by atoms with Crippen LogP contribution in [0.15, 0.2) is 24.3 Å². The quantitative estimate of drug-likeness (QED) is 0.932. The molecular formula is C15H21N5O. The second kappa shape index (κ2) is 5.81. The average Bonchev–Trinajstić information content (AvgIpc) is 3.05. The Labute approximate surface area is 124 Å². The van der Waals surface area contributed by atoms with Gasteiger partial charge in [-0.25, -0.2) is 0 Å². The number of nitrogens with zero attached hydrogens (tertiary/aromatic N) is 4. The molecule has 1 saturated carbocycles. The Kier molecular flexibility index (Phi) is 3.88. The lowest BCUT2D eigenvalue weighted by molar-refractivity contribution is 0.231. The molecule has 2 aromatic rings. The molecule has 6 nitrogen and oxygen atoms in total. The van der Waals surface area contributed by atoms with Crippen molar-refractivity contribution in [2.45, 2.75) is 37.6 Å². The molecule has 1 fully saturated rings. The molecule has 112 valence electrons. The minimum absolute atomic E-state index is 0.150. The van der Waals surface area contributed by atoms with Crippen LogP contribution in [0.5, 0.6) is 5.75 Å². The minimum atomic E-state index is -0.150. The molecule has 1 aliphatic rings. The smallest absolute Gasteiger partial charge is 0.176 e. The predicted molar refractivity (Wildman–Crippen MR) is 79.5 cm³/mol. The number of para-hydroxylation sites is 2. The lowest BCUT2D eigenvalue weighted by Crippen LogP contribution is -2.44. The SMILES string of the molecule is CNC1(c2nnnn2-c2ccccc2OC)CCCCC1. The van der Waals surface area contributed by atoms with Crippen molar-refractivity contribution in [2.24, 2.45) is 0 Å². The first-order valence-corrected chi connectivity index (χ1v) is 7.42. The molecule has 1 aromatic heterocycles. The maximum Gasteiger partial charge on any atom is 0.176 e. The van der Waals surface area contributed by atoms with E-state index in [1.807, 2.05) is 31.3 Å². The van der Waals surface area contributed by atoms with E-state index >= 15 is 0 Å². The normalized spacial score (nSPS) is 17.6. The molecule has 1 aliphatic carbocycles. The topological polar surface area (TPSA) is 64.9 Å². The third kappa shape index (κ3) is 2.40. The number of methoxy groups -OCH3 is 1. The summed E-state index contributed by atoms with van der Waals surface area (Å²) < 4.78 is 7.25. The van der Waals surface area contributed by atoms with Crippen molar-refractivity contribution in [3.8, 4) is 11.4 Å². The summed E-state index contributed by atoms with van der Waals surface area (Å²) in [6.45, 7) is 0. The molecule has 0 unspecified atom stereocenters. The Morgan fingerprint density at radius 2 is 1.95 bits per heavy atom. The Balaban J connectivity index is 2.08. The number of rotatable bonds is 4. The summed E-state index contributed by atoms with van der Waals surface area (Å²) in [4.78, 5) is 0. The van der Waals surface area contributed by atoms with Crippen molar-refractivity contribution in [3.05, 3.63) is 30.1 Å². The van der Waals surface area contributed by atoms with Crippen molar-refractivity contribution in [3.63, 3.8) is 0 Å². The minimum Gasteiger partial charge on any atom is -0.494 e. The summed E-state index contributed by atoms with van der Waals surface area (Å²) in [5.41, 5.74) is 0.725. The van der Waals surface area contributed by atoms with Gasteiger partial charge >= 0.3 is 0 Å². The van der Waals surface area contributed by atoms with Gasteiger partial charge < -0.3 is 10.1 Å². The van der Waals surface area contributed by atoms with E-state index in [1.54, 1.807) is 11.8 Å². The summed E-state index contributed by atoms with van der Waals surface area (Å²) in [5, 5.41) is 15.9. The Morgan fingerprint density at radius 1 is 1.19 bits per heavy atom. The zero-order valence-corrected chi connectivity index (χ0v) is 12.5. The number of benzene rings is 1. The molecule has 3 rings (SSSR count). The van der Waals surface area contributed by atoms with Crippen LogP contribution in [-0.4, -0.2) is 34.4 Å². The molecule has 6 heteroatoms. The standard InChI is InChI=1S/C15H21N5O/c1-16-15(10-6-3-7-11-15)14-17-18-19-20(14)12-8-4-5-9-13(12)21-2/h4-5,8-9,16H,3,6-7,10-11H2,1-2H3. The second-order valence-corrected chi connectivity index (χ2v) is 5.48. The summed E-state index contributed by atoms with van der Waals surface area (Å²) in [6.07, 6.45) is 5.77. The fourth-order valence-corrected chi connectivity index (χ4v) is 3.19. The molecule has 0 bridgehead atoms. The highest BCUT2D eigenvalue weighted by atomic mass is 16.5. The summed E-state index contributed by atoms with van der Waals surface area (Å²) in [5.74, 6) is 1.64. The van der Waals surface area contributed by atoms with E-state index in [0.717, 1.165) is 30.1 Å². The van der Waals surface area contributed by atoms with Gasteiger partial charge in [-0.15, -0.1) is 5.10 Å². The zero-order valence-electron chi connectivity index (χ0n) is 12.5. The molecule has 0 amide bonds. The maximum absolute atomic E-state index is 5.44. The molecule has 0 radical (unpaired) electrons. The van der Waals surface area contributed by atoms with Gasteiger partial charge in [0.2, 0.25) is 0 Å². The summed E-state index contributed by atoms with van der Waals surface area (Å²) in [7, 11) is 3.66. The Hall–Kier alpha value is -1.95. The van der Waals surface area contributed by atoms with Crippen molar-refractivity contribution in [1.82, 2.24) is 25.5 Å². The lowest BCUT2D eigenvalue weighted by Gasteiger charge is -2.35. The third-order valence-electron chi connectivity index (χ3n) is 4.40. The van der Waals surface area contributed by atoms with Gasteiger partial charge in [-0.3, -0.25) is 0 Å². The van der Waals surface area contributed by atoms with Gasteiger partial charge in [0.25, 0.3) is 0 Å². The van der Waals surface area contributed by atoms with Gasteiger partial charge in [0.15, 0.2) is 5.82 Å². The molecule has 0 spiro atoms. The summed E-state index contributed by atoms with van der Waals surface area (Å²) in [6, 6.07) is 7.82. The molecule has 0 atom stereocenters. The molecule has 21 heavy (non-hydrogen) atoms. The highest BCUT2D eigenvalue weighted by molar-refractivity contribution is 5.46. The number of hydrogen-bond acceptors (Lipinski definition) is 5. The van der Waals surface area contributed by atoms with E-state index < -0.39 is 0 Å². The van der Waals surface area contributed by atoms with E-state index in [4.69, 9.17) is 4.74 Å². The Bertz CT molecular complexity index is 604. The monoisotopic (exact) mass is 287 g/mol. The van der Waals surface area contributed by atoms with Gasteiger partial charge in [0, 0.05) is 0 Å². The summed E-state index contributed by atoms with van der Waals surface area (Å²) >= 11 is 0. The number of nitrogens with one attached hydrogen (secondary N) is 1. The zero-order chi connectivity index (χ0) is 14.7. The van der Waals surface area contributed by atoms with Crippen LogP contribution in [0.2, 0.25) is 0 Å². The number of tetrazole rings is 1. The highest BCUT2D eigenvalue weighted by Gasteiger charge is 2.38.